The fraction of sp³-hybridized carbons (Fsp3) is 0.333. The fourth-order valence-electron chi connectivity index (χ4n) is 1.85. The van der Waals surface area contributed by atoms with Gasteiger partial charge in [0.15, 0.2) is 0 Å². The molecule has 13 heavy (non-hydrogen) atoms. The van der Waals surface area contributed by atoms with Crippen molar-refractivity contribution in [1.29, 1.82) is 0 Å². The van der Waals surface area contributed by atoms with Crippen LogP contribution in [-0.4, -0.2) is 4.57 Å². The van der Waals surface area contributed by atoms with E-state index in [-0.39, 0.29) is 0 Å². The number of benzene rings is 1. The summed E-state index contributed by atoms with van der Waals surface area (Å²) >= 11 is 0. The average molecular weight is 173 g/mol. The van der Waals surface area contributed by atoms with Crippen molar-refractivity contribution in [3.63, 3.8) is 0 Å². The third kappa shape index (κ3) is 1.24. The summed E-state index contributed by atoms with van der Waals surface area (Å²) in [7, 11) is 2.09. The van der Waals surface area contributed by atoms with Gasteiger partial charge in [0.1, 0.15) is 0 Å². The van der Waals surface area contributed by atoms with Crippen molar-refractivity contribution in [2.24, 2.45) is 7.05 Å². The van der Waals surface area contributed by atoms with Crippen LogP contribution in [0.3, 0.4) is 0 Å². The summed E-state index contributed by atoms with van der Waals surface area (Å²) in [5, 5.41) is 1.34. The summed E-state index contributed by atoms with van der Waals surface area (Å²) in [6.45, 7) is 4.39. The number of nitrogens with zero attached hydrogens (tertiary/aromatic N) is 1. The van der Waals surface area contributed by atoms with E-state index < -0.39 is 0 Å². The minimum Gasteiger partial charge on any atom is -0.351 e. The van der Waals surface area contributed by atoms with Gasteiger partial charge in [0.05, 0.1) is 0 Å². The maximum Gasteiger partial charge on any atom is 0.0480 e. The van der Waals surface area contributed by atoms with Crippen LogP contribution in [0.4, 0.5) is 0 Å². The monoisotopic (exact) mass is 173 g/mol. The molecule has 1 nitrogen and oxygen atoms in total. The predicted octanol–water partition coefficient (Wildman–Crippen LogP) is 3.05. The van der Waals surface area contributed by atoms with Gasteiger partial charge in [-0.05, 0) is 48.1 Å². The zero-order valence-corrected chi connectivity index (χ0v) is 8.46. The number of aromatic nitrogens is 1. The lowest BCUT2D eigenvalue weighted by Crippen LogP contribution is -1.89. The Hall–Kier alpha value is -1.24. The van der Waals surface area contributed by atoms with Crippen molar-refractivity contribution < 1.29 is 0 Å². The Morgan fingerprint density at radius 2 is 2.08 bits per heavy atom. The van der Waals surface area contributed by atoms with E-state index in [4.69, 9.17) is 0 Å². The van der Waals surface area contributed by atoms with Crippen LogP contribution >= 0.6 is 0 Å². The molecule has 68 valence electrons. The molecular formula is C12H15N. The molecule has 0 saturated heterocycles. The van der Waals surface area contributed by atoms with Gasteiger partial charge in [0.25, 0.3) is 0 Å². The molecule has 0 saturated carbocycles. The van der Waals surface area contributed by atoms with Gasteiger partial charge in [0.2, 0.25) is 0 Å². The van der Waals surface area contributed by atoms with Crippen molar-refractivity contribution in [2.75, 3.05) is 0 Å². The molecule has 0 spiro atoms. The second-order valence-electron chi connectivity index (χ2n) is 3.62. The van der Waals surface area contributed by atoms with Gasteiger partial charge in [-0.2, -0.15) is 0 Å². The molecule has 0 aliphatic heterocycles. The second-order valence-corrected chi connectivity index (χ2v) is 3.62. The zero-order chi connectivity index (χ0) is 9.42. The lowest BCUT2D eigenvalue weighted by molar-refractivity contribution is 0.965. The third-order valence-corrected chi connectivity index (χ3v) is 2.72. The number of hydrogen-bond acceptors (Lipinski definition) is 0. The van der Waals surface area contributed by atoms with E-state index >= 15 is 0 Å². The summed E-state index contributed by atoms with van der Waals surface area (Å²) in [5.41, 5.74) is 4.19. The number of fused-ring (bicyclic) bond motifs is 1. The quantitative estimate of drug-likeness (QED) is 0.624. The van der Waals surface area contributed by atoms with Crippen molar-refractivity contribution >= 4 is 10.9 Å². The molecule has 0 atom stereocenters. The highest BCUT2D eigenvalue weighted by atomic mass is 14.9. The maximum absolute atomic E-state index is 2.30. The lowest BCUT2D eigenvalue weighted by atomic mass is 10.0. The topological polar surface area (TPSA) is 4.93 Å². The van der Waals surface area contributed by atoms with Crippen LogP contribution in [0, 0.1) is 6.92 Å². The van der Waals surface area contributed by atoms with Crippen LogP contribution in [0.1, 0.15) is 18.1 Å². The molecule has 0 aliphatic carbocycles. The van der Waals surface area contributed by atoms with Gasteiger partial charge < -0.3 is 4.57 Å². The highest BCUT2D eigenvalue weighted by Crippen LogP contribution is 2.20. The summed E-state index contributed by atoms with van der Waals surface area (Å²) < 4.78 is 2.17. The smallest absolute Gasteiger partial charge is 0.0480 e. The van der Waals surface area contributed by atoms with E-state index in [1.807, 2.05) is 0 Å². The standard InChI is InChI=1S/C12H15N/c1-4-10-8-12-11(7-9(10)2)5-6-13(12)3/h5-8H,4H2,1-3H3. The highest BCUT2D eigenvalue weighted by molar-refractivity contribution is 5.81. The van der Waals surface area contributed by atoms with E-state index in [1.165, 1.54) is 22.0 Å². The van der Waals surface area contributed by atoms with Gasteiger partial charge >= 0.3 is 0 Å². The van der Waals surface area contributed by atoms with Gasteiger partial charge in [-0.25, -0.2) is 0 Å². The molecular weight excluding hydrogens is 158 g/mol. The van der Waals surface area contributed by atoms with E-state index in [0.717, 1.165) is 6.42 Å². The zero-order valence-electron chi connectivity index (χ0n) is 8.46. The van der Waals surface area contributed by atoms with E-state index in [1.54, 1.807) is 0 Å². The molecule has 1 aromatic carbocycles. The molecule has 0 aliphatic rings. The Bertz CT molecular complexity index is 438. The van der Waals surface area contributed by atoms with Crippen molar-refractivity contribution in [2.45, 2.75) is 20.3 Å². The molecule has 1 heterocycles. The van der Waals surface area contributed by atoms with Crippen molar-refractivity contribution in [1.82, 2.24) is 4.57 Å². The molecule has 1 heteroatoms. The van der Waals surface area contributed by atoms with Crippen LogP contribution in [0.15, 0.2) is 24.4 Å². The largest absolute Gasteiger partial charge is 0.351 e. The summed E-state index contributed by atoms with van der Waals surface area (Å²) in [5.74, 6) is 0. The maximum atomic E-state index is 2.30. The van der Waals surface area contributed by atoms with Crippen LogP contribution in [-0.2, 0) is 13.5 Å². The normalized spacial score (nSPS) is 11.0. The van der Waals surface area contributed by atoms with E-state index in [0.29, 0.717) is 0 Å². The molecule has 0 amide bonds. The Morgan fingerprint density at radius 1 is 1.31 bits per heavy atom. The van der Waals surface area contributed by atoms with Gasteiger partial charge in [-0.1, -0.05) is 6.92 Å². The Morgan fingerprint density at radius 3 is 2.77 bits per heavy atom. The average Bonchev–Trinajstić information content (AvgIpc) is 2.46. The van der Waals surface area contributed by atoms with Crippen molar-refractivity contribution in [3.05, 3.63) is 35.5 Å². The van der Waals surface area contributed by atoms with Gasteiger partial charge in [0, 0.05) is 18.8 Å². The number of hydrogen-bond donors (Lipinski definition) is 0. The lowest BCUT2D eigenvalue weighted by Gasteiger charge is -2.04. The van der Waals surface area contributed by atoms with Crippen LogP contribution < -0.4 is 0 Å². The van der Waals surface area contributed by atoms with Crippen LogP contribution in [0.2, 0.25) is 0 Å². The first-order valence-corrected chi connectivity index (χ1v) is 4.77. The molecule has 0 fully saturated rings. The fourth-order valence-corrected chi connectivity index (χ4v) is 1.85. The van der Waals surface area contributed by atoms with Crippen molar-refractivity contribution in [3.8, 4) is 0 Å². The number of rotatable bonds is 1. The van der Waals surface area contributed by atoms with Gasteiger partial charge in [-0.15, -0.1) is 0 Å². The second kappa shape index (κ2) is 2.91. The van der Waals surface area contributed by atoms with E-state index in [9.17, 15) is 0 Å². The highest BCUT2D eigenvalue weighted by Gasteiger charge is 2.01. The predicted molar refractivity (Wildman–Crippen MR) is 57.0 cm³/mol. The summed E-state index contributed by atoms with van der Waals surface area (Å²) in [6.07, 6.45) is 3.23. The molecule has 1 aromatic heterocycles. The first-order chi connectivity index (χ1) is 6.22. The minimum absolute atomic E-state index is 1.12. The van der Waals surface area contributed by atoms with E-state index in [2.05, 4.69) is 49.9 Å². The Kier molecular flexibility index (Phi) is 1.87. The molecule has 2 rings (SSSR count). The summed E-state index contributed by atoms with van der Waals surface area (Å²) in [4.78, 5) is 0. The molecule has 0 bridgehead atoms. The first kappa shape index (κ1) is 8.36. The Balaban J connectivity index is 2.77. The van der Waals surface area contributed by atoms with Crippen LogP contribution in [0.25, 0.3) is 10.9 Å². The molecule has 0 radical (unpaired) electrons. The minimum atomic E-state index is 1.12. The molecule has 0 unspecified atom stereocenters. The number of aryl methyl sites for hydroxylation is 3. The summed E-state index contributed by atoms with van der Waals surface area (Å²) in [6, 6.07) is 6.74. The van der Waals surface area contributed by atoms with Crippen LogP contribution in [0.5, 0.6) is 0 Å². The molecule has 2 aromatic rings. The first-order valence-electron chi connectivity index (χ1n) is 4.77. The third-order valence-electron chi connectivity index (χ3n) is 2.72. The SMILES string of the molecule is CCc1cc2c(ccn2C)cc1C. The Labute approximate surface area is 79.0 Å². The van der Waals surface area contributed by atoms with Gasteiger partial charge in [-0.3, -0.25) is 0 Å². The molecule has 0 N–H and O–H groups in total.